The molecule has 25 heavy (non-hydrogen) atoms. The van der Waals surface area contributed by atoms with Crippen molar-refractivity contribution in [2.75, 3.05) is 0 Å². The van der Waals surface area contributed by atoms with Crippen molar-refractivity contribution in [1.29, 1.82) is 0 Å². The number of halogens is 1. The third kappa shape index (κ3) is 4.63. The van der Waals surface area contributed by atoms with Crippen LogP contribution in [-0.2, 0) is 17.8 Å². The van der Waals surface area contributed by atoms with Crippen molar-refractivity contribution >= 4 is 32.9 Å². The first-order valence-electron chi connectivity index (χ1n) is 8.17. The zero-order chi connectivity index (χ0) is 17.9. The van der Waals surface area contributed by atoms with Crippen LogP contribution in [0.1, 0.15) is 25.0 Å². The summed E-state index contributed by atoms with van der Waals surface area (Å²) < 4.78 is 6.36. The van der Waals surface area contributed by atoms with Crippen LogP contribution in [0.15, 0.2) is 59.2 Å². The van der Waals surface area contributed by atoms with E-state index in [4.69, 9.17) is 4.74 Å². The van der Waals surface area contributed by atoms with Gasteiger partial charge in [0.2, 0.25) is 0 Å². The zero-order valence-electron chi connectivity index (χ0n) is 14.3. The molecule has 0 saturated carbocycles. The molecular weight excluding hydrogens is 380 g/mol. The summed E-state index contributed by atoms with van der Waals surface area (Å²) in [5, 5.41) is 4.12. The molecular formula is C20H21BrN2O2. The van der Waals surface area contributed by atoms with Crippen LogP contribution >= 0.6 is 15.9 Å². The Morgan fingerprint density at radius 1 is 1.20 bits per heavy atom. The summed E-state index contributed by atoms with van der Waals surface area (Å²) in [6.07, 6.45) is 2.29. The number of nitrogens with one attached hydrogen (secondary N) is 2. The molecule has 3 aromatic rings. The van der Waals surface area contributed by atoms with Crippen LogP contribution in [0.2, 0.25) is 0 Å². The van der Waals surface area contributed by atoms with Crippen LogP contribution in [-0.4, -0.2) is 16.6 Å². The lowest BCUT2D eigenvalue weighted by atomic mass is 9.95. The number of hydrogen-bond acceptors (Lipinski definition) is 2. The Kier molecular flexibility index (Phi) is 5.13. The largest absolute Gasteiger partial charge is 0.445 e. The van der Waals surface area contributed by atoms with Crippen LogP contribution in [0.25, 0.3) is 10.9 Å². The minimum atomic E-state index is -0.421. The Balaban J connectivity index is 1.61. The molecule has 0 spiro atoms. The molecule has 1 amide bonds. The Morgan fingerprint density at radius 2 is 1.96 bits per heavy atom. The van der Waals surface area contributed by atoms with E-state index in [1.54, 1.807) is 0 Å². The highest BCUT2D eigenvalue weighted by atomic mass is 79.9. The number of carbonyl (C=O) groups excluding carboxylic acids is 1. The highest BCUT2D eigenvalue weighted by Crippen LogP contribution is 2.25. The second-order valence-corrected chi connectivity index (χ2v) is 7.67. The number of alkyl carbamates (subject to hydrolysis) is 1. The smallest absolute Gasteiger partial charge is 0.407 e. The van der Waals surface area contributed by atoms with Gasteiger partial charge in [-0.05, 0) is 43.5 Å². The van der Waals surface area contributed by atoms with Crippen molar-refractivity contribution in [1.82, 2.24) is 10.3 Å². The molecule has 1 heterocycles. The predicted octanol–water partition coefficient (Wildman–Crippen LogP) is 5.18. The van der Waals surface area contributed by atoms with Gasteiger partial charge in [-0.25, -0.2) is 4.79 Å². The lowest BCUT2D eigenvalue weighted by Crippen LogP contribution is -2.45. The van der Waals surface area contributed by atoms with Gasteiger partial charge in [-0.3, -0.25) is 0 Å². The molecule has 5 heteroatoms. The van der Waals surface area contributed by atoms with Crippen LogP contribution in [0.3, 0.4) is 0 Å². The molecule has 0 bridgehead atoms. The van der Waals surface area contributed by atoms with Crippen molar-refractivity contribution in [3.05, 3.63) is 70.3 Å². The molecule has 0 aliphatic carbocycles. The van der Waals surface area contributed by atoms with E-state index in [1.807, 2.05) is 62.5 Å². The van der Waals surface area contributed by atoms with Gasteiger partial charge in [-0.15, -0.1) is 0 Å². The summed E-state index contributed by atoms with van der Waals surface area (Å²) in [6, 6.07) is 15.8. The third-order valence-corrected chi connectivity index (χ3v) is 4.51. The number of H-pyrrole nitrogens is 1. The molecule has 0 saturated heterocycles. The van der Waals surface area contributed by atoms with Gasteiger partial charge in [0.05, 0.1) is 0 Å². The van der Waals surface area contributed by atoms with Gasteiger partial charge in [0, 0.05) is 27.1 Å². The molecule has 0 aliphatic rings. The molecule has 4 nitrogen and oxygen atoms in total. The number of amides is 1. The van der Waals surface area contributed by atoms with Crippen molar-refractivity contribution in [2.24, 2.45) is 0 Å². The van der Waals surface area contributed by atoms with E-state index >= 15 is 0 Å². The number of rotatable bonds is 5. The maximum absolute atomic E-state index is 12.1. The van der Waals surface area contributed by atoms with E-state index in [-0.39, 0.29) is 6.61 Å². The van der Waals surface area contributed by atoms with Gasteiger partial charge in [0.1, 0.15) is 6.61 Å². The maximum Gasteiger partial charge on any atom is 0.407 e. The minimum Gasteiger partial charge on any atom is -0.445 e. The molecule has 1 aromatic heterocycles. The summed E-state index contributed by atoms with van der Waals surface area (Å²) in [5.74, 6) is 0. The van der Waals surface area contributed by atoms with Gasteiger partial charge in [-0.2, -0.15) is 0 Å². The molecule has 0 aliphatic heterocycles. The molecule has 2 N–H and O–H groups in total. The SMILES string of the molecule is CC(C)(Cc1c[nH]c2cc(Br)ccc12)NC(=O)OCc1ccccc1. The molecule has 0 unspecified atom stereocenters. The summed E-state index contributed by atoms with van der Waals surface area (Å²) >= 11 is 3.48. The monoisotopic (exact) mass is 400 g/mol. The second kappa shape index (κ2) is 7.31. The van der Waals surface area contributed by atoms with Gasteiger partial charge in [0.25, 0.3) is 0 Å². The first-order valence-corrected chi connectivity index (χ1v) is 8.97. The first kappa shape index (κ1) is 17.5. The fourth-order valence-corrected chi connectivity index (χ4v) is 3.22. The van der Waals surface area contributed by atoms with Gasteiger partial charge < -0.3 is 15.0 Å². The molecule has 0 radical (unpaired) electrons. The lowest BCUT2D eigenvalue weighted by Gasteiger charge is -2.25. The van der Waals surface area contributed by atoms with Gasteiger partial charge in [0.15, 0.2) is 0 Å². The zero-order valence-corrected chi connectivity index (χ0v) is 15.9. The Labute approximate surface area is 155 Å². The van der Waals surface area contributed by atoms with Gasteiger partial charge in [-0.1, -0.05) is 52.3 Å². The second-order valence-electron chi connectivity index (χ2n) is 6.75. The first-order chi connectivity index (χ1) is 11.9. The third-order valence-electron chi connectivity index (χ3n) is 4.02. The summed E-state index contributed by atoms with van der Waals surface area (Å²) in [4.78, 5) is 15.4. The van der Waals surface area contributed by atoms with Crippen molar-refractivity contribution in [2.45, 2.75) is 32.4 Å². The predicted molar refractivity (Wildman–Crippen MR) is 104 cm³/mol. The molecule has 130 valence electrons. The molecule has 0 fully saturated rings. The Morgan fingerprint density at radius 3 is 2.72 bits per heavy atom. The van der Waals surface area contributed by atoms with E-state index < -0.39 is 11.6 Å². The summed E-state index contributed by atoms with van der Waals surface area (Å²) in [6.45, 7) is 4.26. The molecule has 2 aromatic carbocycles. The van der Waals surface area contributed by atoms with Crippen molar-refractivity contribution < 1.29 is 9.53 Å². The van der Waals surface area contributed by atoms with Crippen LogP contribution in [0.4, 0.5) is 4.79 Å². The van der Waals surface area contributed by atoms with E-state index in [0.717, 1.165) is 26.5 Å². The normalized spacial score (nSPS) is 11.5. The number of aromatic nitrogens is 1. The maximum atomic E-state index is 12.1. The average Bonchev–Trinajstić information content (AvgIpc) is 2.94. The fourth-order valence-electron chi connectivity index (χ4n) is 2.86. The van der Waals surface area contributed by atoms with E-state index in [0.29, 0.717) is 6.42 Å². The Hall–Kier alpha value is -2.27. The van der Waals surface area contributed by atoms with Crippen LogP contribution in [0, 0.1) is 0 Å². The molecule has 0 atom stereocenters. The lowest BCUT2D eigenvalue weighted by molar-refractivity contribution is 0.129. The van der Waals surface area contributed by atoms with Crippen LogP contribution in [0.5, 0.6) is 0 Å². The number of aromatic amines is 1. The number of hydrogen-bond donors (Lipinski definition) is 2. The van der Waals surface area contributed by atoms with E-state index in [1.165, 1.54) is 0 Å². The number of carbonyl (C=O) groups is 1. The Bertz CT molecular complexity index is 872. The molecule has 3 rings (SSSR count). The number of fused-ring (bicyclic) bond motifs is 1. The standard InChI is InChI=1S/C20H21BrN2O2/c1-20(2,23-19(24)25-13-14-6-4-3-5-7-14)11-15-12-22-18-10-16(21)8-9-17(15)18/h3-10,12,22H,11,13H2,1-2H3,(H,23,24). The summed E-state index contributed by atoms with van der Waals surface area (Å²) in [7, 11) is 0. The van der Waals surface area contributed by atoms with Gasteiger partial charge >= 0.3 is 6.09 Å². The average molecular weight is 401 g/mol. The fraction of sp³-hybridized carbons (Fsp3) is 0.250. The highest BCUT2D eigenvalue weighted by molar-refractivity contribution is 9.10. The highest BCUT2D eigenvalue weighted by Gasteiger charge is 2.23. The quantitative estimate of drug-likeness (QED) is 0.619. The minimum absolute atomic E-state index is 0.268. The van der Waals surface area contributed by atoms with E-state index in [2.05, 4.69) is 32.3 Å². The number of ether oxygens (including phenoxy) is 1. The van der Waals surface area contributed by atoms with Crippen molar-refractivity contribution in [3.63, 3.8) is 0 Å². The topological polar surface area (TPSA) is 54.1 Å². The van der Waals surface area contributed by atoms with Crippen LogP contribution < -0.4 is 5.32 Å². The van der Waals surface area contributed by atoms with E-state index in [9.17, 15) is 4.79 Å². The van der Waals surface area contributed by atoms with Crippen molar-refractivity contribution in [3.8, 4) is 0 Å². The number of benzene rings is 2. The summed E-state index contributed by atoms with van der Waals surface area (Å²) in [5.41, 5.74) is 2.79.